The van der Waals surface area contributed by atoms with Gasteiger partial charge in [0.15, 0.2) is 0 Å². The van der Waals surface area contributed by atoms with E-state index in [1.807, 2.05) is 0 Å². The summed E-state index contributed by atoms with van der Waals surface area (Å²) < 4.78 is 0. The normalized spacial score (nSPS) is 17.5. The van der Waals surface area contributed by atoms with Gasteiger partial charge in [-0.3, -0.25) is 9.79 Å². The summed E-state index contributed by atoms with van der Waals surface area (Å²) in [4.78, 5) is 15.4. The molecule has 0 aliphatic carbocycles. The molecule has 1 aliphatic rings. The molecule has 74 valence electrons. The van der Waals surface area contributed by atoms with Gasteiger partial charge < -0.3 is 5.32 Å². The number of amides is 1. The topological polar surface area (TPSA) is 41.5 Å². The molecule has 0 aromatic heterocycles. The lowest BCUT2D eigenvalue weighted by atomic mass is 10.2. The SMILES string of the molecule is CNC(=O)CSC1=NCCCCC1. The number of carbonyl (C=O) groups is 1. The fourth-order valence-corrected chi connectivity index (χ4v) is 2.10. The average Bonchev–Trinajstić information content (AvgIpc) is 2.42. The van der Waals surface area contributed by atoms with Crippen molar-refractivity contribution in [2.75, 3.05) is 19.3 Å². The first-order chi connectivity index (χ1) is 6.33. The first-order valence-electron chi connectivity index (χ1n) is 4.69. The number of hydrogen-bond donors (Lipinski definition) is 1. The standard InChI is InChI=1S/C9H16N2OS/c1-10-8(12)7-13-9-5-3-2-4-6-11-9/h2-7H2,1H3,(H,10,12). The maximum atomic E-state index is 11.0. The van der Waals surface area contributed by atoms with Crippen LogP contribution in [-0.2, 0) is 4.79 Å². The highest BCUT2D eigenvalue weighted by atomic mass is 32.2. The predicted molar refractivity (Wildman–Crippen MR) is 57.3 cm³/mol. The van der Waals surface area contributed by atoms with E-state index in [1.54, 1.807) is 18.8 Å². The smallest absolute Gasteiger partial charge is 0.230 e. The molecule has 4 heteroatoms. The van der Waals surface area contributed by atoms with Gasteiger partial charge in [0.1, 0.15) is 0 Å². The molecule has 0 saturated heterocycles. The maximum Gasteiger partial charge on any atom is 0.230 e. The fraction of sp³-hybridized carbons (Fsp3) is 0.778. The van der Waals surface area contributed by atoms with Crippen molar-refractivity contribution in [2.24, 2.45) is 4.99 Å². The Hall–Kier alpha value is -0.510. The molecule has 0 aromatic carbocycles. The minimum atomic E-state index is 0.0805. The van der Waals surface area contributed by atoms with Crippen molar-refractivity contribution in [3.05, 3.63) is 0 Å². The van der Waals surface area contributed by atoms with E-state index in [1.165, 1.54) is 19.3 Å². The van der Waals surface area contributed by atoms with Gasteiger partial charge in [-0.2, -0.15) is 0 Å². The van der Waals surface area contributed by atoms with Gasteiger partial charge in [-0.25, -0.2) is 0 Å². The summed E-state index contributed by atoms with van der Waals surface area (Å²) >= 11 is 1.58. The number of aliphatic imine (C=N–C) groups is 1. The third-order valence-electron chi connectivity index (χ3n) is 1.99. The summed E-state index contributed by atoms with van der Waals surface area (Å²) in [6.07, 6.45) is 4.75. The molecule has 13 heavy (non-hydrogen) atoms. The molecule has 1 amide bonds. The van der Waals surface area contributed by atoms with Gasteiger partial charge in [0.25, 0.3) is 0 Å². The van der Waals surface area contributed by atoms with Crippen molar-refractivity contribution in [3.8, 4) is 0 Å². The first kappa shape index (κ1) is 10.6. The Labute approximate surface area is 83.4 Å². The molecular weight excluding hydrogens is 184 g/mol. The van der Waals surface area contributed by atoms with Gasteiger partial charge in [0, 0.05) is 13.6 Å². The Morgan fingerprint density at radius 3 is 3.15 bits per heavy atom. The summed E-state index contributed by atoms with van der Waals surface area (Å²) in [7, 11) is 1.66. The lowest BCUT2D eigenvalue weighted by Gasteiger charge is -2.02. The van der Waals surface area contributed by atoms with Crippen molar-refractivity contribution >= 4 is 22.7 Å². The fourth-order valence-electron chi connectivity index (χ4n) is 1.19. The van der Waals surface area contributed by atoms with Gasteiger partial charge in [-0.15, -0.1) is 11.8 Å². The van der Waals surface area contributed by atoms with E-state index < -0.39 is 0 Å². The molecule has 1 rings (SSSR count). The third kappa shape index (κ3) is 4.31. The van der Waals surface area contributed by atoms with E-state index >= 15 is 0 Å². The van der Waals surface area contributed by atoms with Crippen molar-refractivity contribution in [2.45, 2.75) is 25.7 Å². The van der Waals surface area contributed by atoms with Crippen LogP contribution < -0.4 is 5.32 Å². The molecule has 1 N–H and O–H groups in total. The monoisotopic (exact) mass is 200 g/mol. The zero-order valence-corrected chi connectivity index (χ0v) is 8.82. The van der Waals surface area contributed by atoms with E-state index in [-0.39, 0.29) is 5.91 Å². The Morgan fingerprint density at radius 2 is 2.38 bits per heavy atom. The third-order valence-corrected chi connectivity index (χ3v) is 3.06. The Kier molecular flexibility index (Phi) is 4.90. The average molecular weight is 200 g/mol. The summed E-state index contributed by atoms with van der Waals surface area (Å²) in [6.45, 7) is 0.941. The minimum Gasteiger partial charge on any atom is -0.358 e. The molecular formula is C9H16N2OS. The molecule has 0 spiro atoms. The zero-order valence-electron chi connectivity index (χ0n) is 8.01. The van der Waals surface area contributed by atoms with Crippen LogP contribution >= 0.6 is 11.8 Å². The zero-order chi connectivity index (χ0) is 9.52. The Bertz CT molecular complexity index is 204. The summed E-state index contributed by atoms with van der Waals surface area (Å²) in [5.74, 6) is 0.590. The van der Waals surface area contributed by atoms with Crippen LogP contribution in [0.15, 0.2) is 4.99 Å². The predicted octanol–water partition coefficient (Wildman–Crippen LogP) is 1.44. The van der Waals surface area contributed by atoms with Crippen molar-refractivity contribution < 1.29 is 4.79 Å². The molecule has 0 radical (unpaired) electrons. The van der Waals surface area contributed by atoms with Crippen molar-refractivity contribution in [1.82, 2.24) is 5.32 Å². The van der Waals surface area contributed by atoms with E-state index in [4.69, 9.17) is 0 Å². The second-order valence-electron chi connectivity index (χ2n) is 3.05. The molecule has 0 atom stereocenters. The molecule has 0 aromatic rings. The minimum absolute atomic E-state index is 0.0805. The lowest BCUT2D eigenvalue weighted by molar-refractivity contribution is -0.118. The molecule has 1 aliphatic heterocycles. The van der Waals surface area contributed by atoms with Crippen LogP contribution in [0.1, 0.15) is 25.7 Å². The largest absolute Gasteiger partial charge is 0.358 e. The number of carbonyl (C=O) groups excluding carboxylic acids is 1. The van der Waals surface area contributed by atoms with Gasteiger partial charge in [-0.1, -0.05) is 6.42 Å². The van der Waals surface area contributed by atoms with Gasteiger partial charge >= 0.3 is 0 Å². The molecule has 0 bridgehead atoms. The second kappa shape index (κ2) is 6.02. The lowest BCUT2D eigenvalue weighted by Crippen LogP contribution is -2.20. The maximum absolute atomic E-state index is 11.0. The highest BCUT2D eigenvalue weighted by molar-refractivity contribution is 8.14. The van der Waals surface area contributed by atoms with Crippen LogP contribution in [0.2, 0.25) is 0 Å². The molecule has 1 heterocycles. The number of nitrogens with zero attached hydrogens (tertiary/aromatic N) is 1. The van der Waals surface area contributed by atoms with Gasteiger partial charge in [0.2, 0.25) is 5.91 Å². The molecule has 0 saturated carbocycles. The van der Waals surface area contributed by atoms with Gasteiger partial charge in [0.05, 0.1) is 10.8 Å². The summed E-state index contributed by atoms with van der Waals surface area (Å²) in [6, 6.07) is 0. The van der Waals surface area contributed by atoms with E-state index in [0.29, 0.717) is 5.75 Å². The summed E-state index contributed by atoms with van der Waals surface area (Å²) in [5, 5.41) is 3.76. The molecule has 0 unspecified atom stereocenters. The number of thioether (sulfide) groups is 1. The first-order valence-corrected chi connectivity index (χ1v) is 5.68. The van der Waals surface area contributed by atoms with Crippen LogP contribution in [0.3, 0.4) is 0 Å². The van der Waals surface area contributed by atoms with Crippen LogP contribution in [0.5, 0.6) is 0 Å². The number of nitrogens with one attached hydrogen (secondary N) is 1. The van der Waals surface area contributed by atoms with E-state index in [0.717, 1.165) is 18.0 Å². The molecule has 3 nitrogen and oxygen atoms in total. The van der Waals surface area contributed by atoms with Crippen LogP contribution in [0.4, 0.5) is 0 Å². The highest BCUT2D eigenvalue weighted by Crippen LogP contribution is 2.15. The van der Waals surface area contributed by atoms with Crippen LogP contribution in [-0.4, -0.2) is 30.3 Å². The van der Waals surface area contributed by atoms with Crippen LogP contribution in [0.25, 0.3) is 0 Å². The second-order valence-corrected chi connectivity index (χ2v) is 4.10. The van der Waals surface area contributed by atoms with Crippen molar-refractivity contribution in [1.29, 1.82) is 0 Å². The number of rotatable bonds is 2. The quantitative estimate of drug-likeness (QED) is 0.733. The molecule has 0 fully saturated rings. The summed E-state index contributed by atoms with van der Waals surface area (Å²) in [5.41, 5.74) is 0. The van der Waals surface area contributed by atoms with Crippen molar-refractivity contribution in [3.63, 3.8) is 0 Å². The number of hydrogen-bond acceptors (Lipinski definition) is 3. The van der Waals surface area contributed by atoms with Gasteiger partial charge in [-0.05, 0) is 19.3 Å². The van der Waals surface area contributed by atoms with Crippen LogP contribution in [0, 0.1) is 0 Å². The van der Waals surface area contributed by atoms with E-state index in [2.05, 4.69) is 10.3 Å². The van der Waals surface area contributed by atoms with E-state index in [9.17, 15) is 4.79 Å². The Balaban J connectivity index is 2.26. The Morgan fingerprint density at radius 1 is 1.54 bits per heavy atom. The highest BCUT2D eigenvalue weighted by Gasteiger charge is 2.06.